The molecule has 0 fully saturated rings. The molecule has 0 saturated carbocycles. The second-order valence-corrected chi connectivity index (χ2v) is 4.62. The van der Waals surface area contributed by atoms with E-state index in [9.17, 15) is 14.7 Å². The molecule has 1 aromatic heterocycles. The van der Waals surface area contributed by atoms with Crippen molar-refractivity contribution in [3.8, 4) is 0 Å². The van der Waals surface area contributed by atoms with Crippen molar-refractivity contribution in [1.29, 1.82) is 0 Å². The van der Waals surface area contributed by atoms with Crippen molar-refractivity contribution in [2.45, 2.75) is 12.6 Å². The first-order chi connectivity index (χ1) is 10.1. The number of nitrogens with zero attached hydrogens (tertiary/aromatic N) is 1. The molecule has 0 radical (unpaired) electrons. The van der Waals surface area contributed by atoms with Gasteiger partial charge < -0.3 is 19.7 Å². The second kappa shape index (κ2) is 6.60. The Morgan fingerprint density at radius 2 is 2.00 bits per heavy atom. The lowest BCUT2D eigenvalue weighted by atomic mass is 10.1. The Hall–Kier alpha value is -2.76. The average Bonchev–Trinajstić information content (AvgIpc) is 2.98. The first-order valence-corrected chi connectivity index (χ1v) is 6.38. The molecule has 0 aliphatic rings. The molecule has 2 rings (SSSR count). The van der Waals surface area contributed by atoms with Crippen LogP contribution in [0.3, 0.4) is 0 Å². The van der Waals surface area contributed by atoms with E-state index in [1.54, 1.807) is 43.4 Å². The van der Waals surface area contributed by atoms with Gasteiger partial charge in [-0.3, -0.25) is 0 Å². The maximum Gasteiger partial charge on any atom is 0.330 e. The molecule has 1 atom stereocenters. The molecule has 1 heterocycles. The number of amides is 2. The lowest BCUT2D eigenvalue weighted by Gasteiger charge is -2.21. The SMILES string of the molecule is CN(Cc1ccoc1)C(=O)N[C@@H](C(=O)O)c1ccccc1. The lowest BCUT2D eigenvalue weighted by molar-refractivity contribution is -0.139. The number of hydrogen-bond donors (Lipinski definition) is 2. The van der Waals surface area contributed by atoms with Gasteiger partial charge in [0.05, 0.1) is 19.1 Å². The molecule has 0 bridgehead atoms. The summed E-state index contributed by atoms with van der Waals surface area (Å²) in [6.07, 6.45) is 3.06. The molecule has 0 aliphatic heterocycles. The van der Waals surface area contributed by atoms with E-state index in [1.165, 1.54) is 17.4 Å². The van der Waals surface area contributed by atoms with E-state index >= 15 is 0 Å². The van der Waals surface area contributed by atoms with E-state index in [4.69, 9.17) is 4.42 Å². The number of furan rings is 1. The van der Waals surface area contributed by atoms with Gasteiger partial charge in [0.25, 0.3) is 0 Å². The first kappa shape index (κ1) is 14.6. The Bertz CT molecular complexity index is 595. The monoisotopic (exact) mass is 288 g/mol. The van der Waals surface area contributed by atoms with Crippen LogP contribution in [0.1, 0.15) is 17.2 Å². The summed E-state index contributed by atoms with van der Waals surface area (Å²) in [5.41, 5.74) is 1.36. The number of hydrogen-bond acceptors (Lipinski definition) is 3. The number of carbonyl (C=O) groups is 2. The van der Waals surface area contributed by atoms with Crippen molar-refractivity contribution in [2.75, 3.05) is 7.05 Å². The standard InChI is InChI=1S/C15H16N2O4/c1-17(9-11-7-8-21-10-11)15(20)16-13(14(18)19)12-5-3-2-4-6-12/h2-8,10,13H,9H2,1H3,(H,16,20)(H,18,19)/t13-/m1/s1. The summed E-state index contributed by atoms with van der Waals surface area (Å²) in [5, 5.41) is 11.8. The summed E-state index contributed by atoms with van der Waals surface area (Å²) in [6.45, 7) is 0.337. The number of carboxylic acid groups (broad SMARTS) is 1. The van der Waals surface area contributed by atoms with Gasteiger partial charge in [0.2, 0.25) is 0 Å². The number of carboxylic acids is 1. The van der Waals surface area contributed by atoms with Crippen LogP contribution in [0.15, 0.2) is 53.3 Å². The molecule has 6 nitrogen and oxygen atoms in total. The molecule has 0 spiro atoms. The molecule has 2 aromatic rings. The van der Waals surface area contributed by atoms with Crippen LogP contribution in [0.25, 0.3) is 0 Å². The van der Waals surface area contributed by atoms with Crippen LogP contribution < -0.4 is 5.32 Å². The topological polar surface area (TPSA) is 82.8 Å². The smallest absolute Gasteiger partial charge is 0.330 e. The van der Waals surface area contributed by atoms with Crippen LogP contribution in [0.2, 0.25) is 0 Å². The summed E-state index contributed by atoms with van der Waals surface area (Å²) in [6, 6.07) is 8.77. The molecule has 2 amide bonds. The minimum Gasteiger partial charge on any atom is -0.479 e. The van der Waals surface area contributed by atoms with Crippen molar-refractivity contribution in [1.82, 2.24) is 10.2 Å². The van der Waals surface area contributed by atoms with Gasteiger partial charge in [-0.1, -0.05) is 30.3 Å². The van der Waals surface area contributed by atoms with Crippen molar-refractivity contribution in [3.05, 3.63) is 60.1 Å². The summed E-state index contributed by atoms with van der Waals surface area (Å²) < 4.78 is 4.93. The summed E-state index contributed by atoms with van der Waals surface area (Å²) in [4.78, 5) is 24.8. The van der Waals surface area contributed by atoms with Crippen LogP contribution in [0.4, 0.5) is 4.79 Å². The molecule has 1 aromatic carbocycles. The van der Waals surface area contributed by atoms with Crippen molar-refractivity contribution in [3.63, 3.8) is 0 Å². The van der Waals surface area contributed by atoms with Gasteiger partial charge >= 0.3 is 12.0 Å². The molecule has 2 N–H and O–H groups in total. The third kappa shape index (κ3) is 3.85. The highest BCUT2D eigenvalue weighted by molar-refractivity contribution is 5.83. The minimum atomic E-state index is -1.11. The zero-order chi connectivity index (χ0) is 15.2. The quantitative estimate of drug-likeness (QED) is 0.884. The van der Waals surface area contributed by atoms with Gasteiger partial charge in [-0.05, 0) is 11.6 Å². The van der Waals surface area contributed by atoms with E-state index in [-0.39, 0.29) is 0 Å². The fraction of sp³-hybridized carbons (Fsp3) is 0.200. The Morgan fingerprint density at radius 3 is 2.57 bits per heavy atom. The zero-order valence-electron chi connectivity index (χ0n) is 11.5. The highest BCUT2D eigenvalue weighted by atomic mass is 16.4. The largest absolute Gasteiger partial charge is 0.479 e. The number of urea groups is 1. The maximum absolute atomic E-state index is 12.1. The summed E-state index contributed by atoms with van der Waals surface area (Å²) >= 11 is 0. The molecule has 0 saturated heterocycles. The van der Waals surface area contributed by atoms with Crippen LogP contribution in [0.5, 0.6) is 0 Å². The van der Waals surface area contributed by atoms with Crippen molar-refractivity contribution >= 4 is 12.0 Å². The van der Waals surface area contributed by atoms with Crippen LogP contribution >= 0.6 is 0 Å². The van der Waals surface area contributed by atoms with Gasteiger partial charge in [0.15, 0.2) is 6.04 Å². The van der Waals surface area contributed by atoms with Gasteiger partial charge in [0.1, 0.15) is 0 Å². The zero-order valence-corrected chi connectivity index (χ0v) is 11.5. The number of rotatable bonds is 5. The predicted molar refractivity (Wildman–Crippen MR) is 75.5 cm³/mol. The highest BCUT2D eigenvalue weighted by Crippen LogP contribution is 2.13. The molecule has 6 heteroatoms. The van der Waals surface area contributed by atoms with Crippen LogP contribution in [-0.2, 0) is 11.3 Å². The molecular weight excluding hydrogens is 272 g/mol. The average molecular weight is 288 g/mol. The second-order valence-electron chi connectivity index (χ2n) is 4.62. The Kier molecular flexibility index (Phi) is 4.61. The van der Waals surface area contributed by atoms with Crippen LogP contribution in [0, 0.1) is 0 Å². The van der Waals surface area contributed by atoms with Gasteiger partial charge in [-0.2, -0.15) is 0 Å². The van der Waals surface area contributed by atoms with E-state index in [0.29, 0.717) is 12.1 Å². The fourth-order valence-corrected chi connectivity index (χ4v) is 1.90. The number of carbonyl (C=O) groups excluding carboxylic acids is 1. The van der Waals surface area contributed by atoms with Crippen molar-refractivity contribution < 1.29 is 19.1 Å². The third-order valence-electron chi connectivity index (χ3n) is 2.99. The molecule has 110 valence electrons. The normalized spacial score (nSPS) is 11.7. The van der Waals surface area contributed by atoms with Gasteiger partial charge in [0, 0.05) is 12.6 Å². The predicted octanol–water partition coefficient (Wildman–Crippen LogP) is 2.25. The maximum atomic E-state index is 12.1. The van der Waals surface area contributed by atoms with Crippen molar-refractivity contribution in [2.24, 2.45) is 0 Å². The summed E-state index contributed by atoms with van der Waals surface area (Å²) in [5.74, 6) is -1.11. The lowest BCUT2D eigenvalue weighted by Crippen LogP contribution is -2.41. The molecule has 0 unspecified atom stereocenters. The van der Waals surface area contributed by atoms with E-state index in [0.717, 1.165) is 5.56 Å². The van der Waals surface area contributed by atoms with Gasteiger partial charge in [-0.25, -0.2) is 9.59 Å². The van der Waals surface area contributed by atoms with E-state index in [2.05, 4.69) is 5.32 Å². The third-order valence-corrected chi connectivity index (χ3v) is 2.99. The number of nitrogens with one attached hydrogen (secondary N) is 1. The van der Waals surface area contributed by atoms with Crippen LogP contribution in [-0.4, -0.2) is 29.1 Å². The molecule has 0 aliphatic carbocycles. The summed E-state index contributed by atoms with van der Waals surface area (Å²) in [7, 11) is 1.59. The van der Waals surface area contributed by atoms with E-state index in [1.807, 2.05) is 0 Å². The molecular formula is C15H16N2O4. The Labute approximate surface area is 122 Å². The molecule has 21 heavy (non-hydrogen) atoms. The number of aliphatic carboxylic acids is 1. The first-order valence-electron chi connectivity index (χ1n) is 6.38. The number of benzene rings is 1. The Morgan fingerprint density at radius 1 is 1.29 bits per heavy atom. The minimum absolute atomic E-state index is 0.337. The van der Waals surface area contributed by atoms with E-state index < -0.39 is 18.0 Å². The Balaban J connectivity index is 2.03. The highest BCUT2D eigenvalue weighted by Gasteiger charge is 2.23. The fourth-order valence-electron chi connectivity index (χ4n) is 1.90. The van der Waals surface area contributed by atoms with Gasteiger partial charge in [-0.15, -0.1) is 0 Å².